The molecule has 1 saturated heterocycles. The van der Waals surface area contributed by atoms with Crippen LogP contribution in [0.3, 0.4) is 0 Å². The van der Waals surface area contributed by atoms with Crippen LogP contribution in [0.4, 0.5) is 0 Å². The third-order valence-electron chi connectivity index (χ3n) is 4.52. The number of carbonyl (C=O) groups is 1. The highest BCUT2D eigenvalue weighted by Crippen LogP contribution is 2.34. The minimum atomic E-state index is -3.40. The SMILES string of the molecule is CCCc1nnsc1C(=O)N1CC[C@H](c2ccccc2Cl)S(=O)(=O)CC1. The van der Waals surface area contributed by atoms with Gasteiger partial charge in [-0.15, -0.1) is 5.10 Å². The first kappa shape index (κ1) is 19.3. The van der Waals surface area contributed by atoms with E-state index in [4.69, 9.17) is 11.6 Å². The van der Waals surface area contributed by atoms with Gasteiger partial charge in [-0.2, -0.15) is 0 Å². The van der Waals surface area contributed by atoms with Crippen molar-refractivity contribution in [2.24, 2.45) is 0 Å². The molecule has 6 nitrogen and oxygen atoms in total. The molecule has 1 aliphatic rings. The average Bonchev–Trinajstić information content (AvgIpc) is 3.00. The van der Waals surface area contributed by atoms with Gasteiger partial charge in [-0.3, -0.25) is 4.79 Å². The van der Waals surface area contributed by atoms with Crippen LogP contribution in [-0.2, 0) is 16.3 Å². The van der Waals surface area contributed by atoms with Crippen molar-refractivity contribution in [3.05, 3.63) is 45.4 Å². The molecule has 0 N–H and O–H groups in total. The Morgan fingerprint density at radius 2 is 2.12 bits per heavy atom. The summed E-state index contributed by atoms with van der Waals surface area (Å²) in [5, 5.41) is 3.78. The molecule has 2 aromatic rings. The van der Waals surface area contributed by atoms with Crippen molar-refractivity contribution in [2.45, 2.75) is 31.4 Å². The van der Waals surface area contributed by atoms with Gasteiger partial charge in [0.1, 0.15) is 4.88 Å². The highest BCUT2D eigenvalue weighted by atomic mass is 35.5. The molecular weight excluding hydrogens is 394 g/mol. The molecule has 0 bridgehead atoms. The summed E-state index contributed by atoms with van der Waals surface area (Å²) in [6.45, 7) is 2.54. The number of carbonyl (C=O) groups excluding carboxylic acids is 1. The molecule has 0 saturated carbocycles. The van der Waals surface area contributed by atoms with E-state index < -0.39 is 15.1 Å². The molecule has 1 aromatic carbocycles. The molecule has 0 aliphatic carbocycles. The first-order valence-electron chi connectivity index (χ1n) is 8.50. The summed E-state index contributed by atoms with van der Waals surface area (Å²) in [5.74, 6) is -0.261. The van der Waals surface area contributed by atoms with E-state index in [9.17, 15) is 13.2 Å². The molecule has 1 atom stereocenters. The number of hydrogen-bond donors (Lipinski definition) is 0. The van der Waals surface area contributed by atoms with Crippen molar-refractivity contribution >= 4 is 38.9 Å². The summed E-state index contributed by atoms with van der Waals surface area (Å²) >= 11 is 7.29. The van der Waals surface area contributed by atoms with Crippen molar-refractivity contribution in [1.82, 2.24) is 14.5 Å². The van der Waals surface area contributed by atoms with Crippen molar-refractivity contribution < 1.29 is 13.2 Å². The molecule has 2 heterocycles. The molecule has 140 valence electrons. The van der Waals surface area contributed by atoms with Crippen molar-refractivity contribution in [3.8, 4) is 0 Å². The Labute approximate surface area is 162 Å². The predicted octanol–water partition coefficient (Wildman–Crippen LogP) is 3.15. The van der Waals surface area contributed by atoms with Gasteiger partial charge in [0, 0.05) is 18.1 Å². The van der Waals surface area contributed by atoms with Crippen molar-refractivity contribution in [2.75, 3.05) is 18.8 Å². The standard InChI is InChI=1S/C17H20ClN3O3S2/c1-2-5-14-16(25-20-19-14)17(22)21-9-8-15(26(23,24)11-10-21)12-6-3-4-7-13(12)18/h3-4,6-7,15H,2,5,8-11H2,1H3/t15-/m1/s1. The van der Waals surface area contributed by atoms with Gasteiger partial charge in [0.25, 0.3) is 5.91 Å². The van der Waals surface area contributed by atoms with Crippen LogP contribution in [0, 0.1) is 0 Å². The number of amides is 1. The van der Waals surface area contributed by atoms with E-state index in [1.165, 1.54) is 0 Å². The smallest absolute Gasteiger partial charge is 0.267 e. The van der Waals surface area contributed by atoms with Crippen LogP contribution in [0.2, 0.25) is 5.02 Å². The number of sulfone groups is 1. The lowest BCUT2D eigenvalue weighted by Crippen LogP contribution is -2.33. The number of nitrogens with zero attached hydrogens (tertiary/aromatic N) is 3. The van der Waals surface area contributed by atoms with Gasteiger partial charge in [0.15, 0.2) is 9.84 Å². The zero-order chi connectivity index (χ0) is 18.7. The summed E-state index contributed by atoms with van der Waals surface area (Å²) in [4.78, 5) is 15.0. The Kier molecular flexibility index (Phi) is 5.94. The van der Waals surface area contributed by atoms with E-state index in [2.05, 4.69) is 9.59 Å². The second-order valence-corrected chi connectivity index (χ2v) is 9.72. The number of hydrogen-bond acceptors (Lipinski definition) is 6. The topological polar surface area (TPSA) is 80.2 Å². The number of rotatable bonds is 4. The average molecular weight is 414 g/mol. The highest BCUT2D eigenvalue weighted by Gasteiger charge is 2.34. The lowest BCUT2D eigenvalue weighted by atomic mass is 10.1. The first-order valence-corrected chi connectivity index (χ1v) is 11.4. The van der Waals surface area contributed by atoms with Gasteiger partial charge in [0.2, 0.25) is 0 Å². The van der Waals surface area contributed by atoms with E-state index >= 15 is 0 Å². The van der Waals surface area contributed by atoms with Crippen LogP contribution < -0.4 is 0 Å². The van der Waals surface area contributed by atoms with Crippen LogP contribution in [0.1, 0.15) is 45.9 Å². The predicted molar refractivity (Wildman–Crippen MR) is 102 cm³/mol. The maximum Gasteiger partial charge on any atom is 0.267 e. The first-order chi connectivity index (χ1) is 12.4. The zero-order valence-electron chi connectivity index (χ0n) is 14.4. The molecule has 9 heteroatoms. The highest BCUT2D eigenvalue weighted by molar-refractivity contribution is 7.91. The quantitative estimate of drug-likeness (QED) is 0.769. The van der Waals surface area contributed by atoms with Crippen LogP contribution in [-0.4, -0.2) is 47.7 Å². The zero-order valence-corrected chi connectivity index (χ0v) is 16.8. The van der Waals surface area contributed by atoms with E-state index in [0.717, 1.165) is 18.0 Å². The molecule has 0 spiro atoms. The molecular formula is C17H20ClN3O3S2. The molecule has 0 radical (unpaired) electrons. The molecule has 26 heavy (non-hydrogen) atoms. The number of aryl methyl sites for hydroxylation is 1. The van der Waals surface area contributed by atoms with E-state index in [1.54, 1.807) is 29.2 Å². The Morgan fingerprint density at radius 1 is 1.35 bits per heavy atom. The summed E-state index contributed by atoms with van der Waals surface area (Å²) in [5.41, 5.74) is 1.30. The lowest BCUT2D eigenvalue weighted by Gasteiger charge is -2.19. The summed E-state index contributed by atoms with van der Waals surface area (Å²) < 4.78 is 29.4. The molecule has 1 aromatic heterocycles. The van der Waals surface area contributed by atoms with Gasteiger partial charge in [0.05, 0.1) is 16.7 Å². The second kappa shape index (κ2) is 8.02. The maximum absolute atomic E-state index is 12.9. The minimum Gasteiger partial charge on any atom is -0.337 e. The molecule has 3 rings (SSSR count). The van der Waals surface area contributed by atoms with Gasteiger partial charge in [-0.1, -0.05) is 47.6 Å². The van der Waals surface area contributed by atoms with Crippen molar-refractivity contribution in [1.29, 1.82) is 0 Å². The number of benzene rings is 1. The van der Waals surface area contributed by atoms with Crippen LogP contribution in [0.5, 0.6) is 0 Å². The fraction of sp³-hybridized carbons (Fsp3) is 0.471. The fourth-order valence-corrected chi connectivity index (χ4v) is 5.97. The fourth-order valence-electron chi connectivity index (χ4n) is 3.15. The normalized spacial score (nSPS) is 19.9. The Balaban J connectivity index is 1.83. The molecule has 0 unspecified atom stereocenters. The lowest BCUT2D eigenvalue weighted by molar-refractivity contribution is 0.0770. The summed E-state index contributed by atoms with van der Waals surface area (Å²) in [7, 11) is -3.40. The maximum atomic E-state index is 12.9. The monoisotopic (exact) mass is 413 g/mol. The summed E-state index contributed by atoms with van der Waals surface area (Å²) in [6, 6.07) is 7.00. The van der Waals surface area contributed by atoms with E-state index in [1.807, 2.05) is 6.92 Å². The Morgan fingerprint density at radius 3 is 2.85 bits per heavy atom. The largest absolute Gasteiger partial charge is 0.337 e. The van der Waals surface area contributed by atoms with Gasteiger partial charge in [-0.05, 0) is 36.0 Å². The van der Waals surface area contributed by atoms with E-state index in [0.29, 0.717) is 40.5 Å². The molecule has 1 aliphatic heterocycles. The number of halogens is 1. The van der Waals surface area contributed by atoms with Crippen molar-refractivity contribution in [3.63, 3.8) is 0 Å². The number of aromatic nitrogens is 2. The molecule has 1 amide bonds. The van der Waals surface area contributed by atoms with Gasteiger partial charge < -0.3 is 4.90 Å². The summed E-state index contributed by atoms with van der Waals surface area (Å²) in [6.07, 6.45) is 1.88. The Hall–Kier alpha value is -1.51. The van der Waals surface area contributed by atoms with Gasteiger partial charge in [-0.25, -0.2) is 8.42 Å². The third-order valence-corrected chi connectivity index (χ3v) is 7.73. The molecule has 1 fully saturated rings. The van der Waals surface area contributed by atoms with Crippen LogP contribution >= 0.6 is 23.1 Å². The van der Waals surface area contributed by atoms with Gasteiger partial charge >= 0.3 is 0 Å². The van der Waals surface area contributed by atoms with Crippen LogP contribution in [0.15, 0.2) is 24.3 Å². The van der Waals surface area contributed by atoms with E-state index in [-0.39, 0.29) is 18.2 Å². The third kappa shape index (κ3) is 3.92. The second-order valence-electron chi connectivity index (χ2n) is 6.26. The minimum absolute atomic E-state index is 0.0794. The van der Waals surface area contributed by atoms with Crippen LogP contribution in [0.25, 0.3) is 0 Å². The Bertz CT molecular complexity index is 898.